The fourth-order valence-corrected chi connectivity index (χ4v) is 4.19. The van der Waals surface area contributed by atoms with Crippen LogP contribution >= 0.6 is 0 Å². The van der Waals surface area contributed by atoms with Gasteiger partial charge in [0.05, 0.1) is 37.5 Å². The fourth-order valence-electron chi connectivity index (χ4n) is 4.19. The Labute approximate surface area is 201 Å². The molecule has 2 unspecified atom stereocenters. The molecule has 1 saturated heterocycles. The zero-order valence-electron chi connectivity index (χ0n) is 19.8. The van der Waals surface area contributed by atoms with E-state index in [4.69, 9.17) is 14.6 Å². The van der Waals surface area contributed by atoms with Crippen molar-refractivity contribution in [2.24, 2.45) is 0 Å². The van der Waals surface area contributed by atoms with Gasteiger partial charge in [0.25, 0.3) is 0 Å². The van der Waals surface area contributed by atoms with Gasteiger partial charge in [-0.05, 0) is 48.2 Å². The highest BCUT2D eigenvalue weighted by Gasteiger charge is 2.32. The Hall–Kier alpha value is -2.74. The summed E-state index contributed by atoms with van der Waals surface area (Å²) in [6.45, 7) is 2.58. The molecule has 2 atom stereocenters. The van der Waals surface area contributed by atoms with Crippen molar-refractivity contribution in [3.63, 3.8) is 0 Å². The van der Waals surface area contributed by atoms with Gasteiger partial charge in [-0.15, -0.1) is 0 Å². The fraction of sp³-hybridized carbons (Fsp3) is 0.481. The molecule has 0 aromatic heterocycles. The summed E-state index contributed by atoms with van der Waals surface area (Å²) < 4.78 is 10.9. The second-order valence-corrected chi connectivity index (χ2v) is 8.63. The highest BCUT2D eigenvalue weighted by Crippen LogP contribution is 2.29. The number of ether oxygens (including phenoxy) is 2. The van der Waals surface area contributed by atoms with E-state index >= 15 is 0 Å². The number of benzene rings is 2. The molecule has 2 N–H and O–H groups in total. The molecule has 34 heavy (non-hydrogen) atoms. The van der Waals surface area contributed by atoms with Gasteiger partial charge in [-0.2, -0.15) is 0 Å². The van der Waals surface area contributed by atoms with Gasteiger partial charge in [0.1, 0.15) is 6.61 Å². The standard InChI is InChI=1S/C27H35NO6/c1-2-3-4-8-25(30)21-9-11-23(12-10-21)28-24(13-14-26(28)31)19-33-18-20-6-5-7-22(17-20)27(32)34-16-15-29/h5-7,9-12,17,24-25,29-30H,2-4,8,13-16,18-19H2,1H3. The van der Waals surface area contributed by atoms with E-state index in [-0.39, 0.29) is 25.2 Å². The number of aliphatic hydroxyl groups excluding tert-OH is 2. The SMILES string of the molecule is CCCCCC(O)c1ccc(N2C(=O)CCC2COCc2cccc(C(=O)OCCO)c2)cc1. The first-order valence-electron chi connectivity index (χ1n) is 12.1. The van der Waals surface area contributed by atoms with Crippen LogP contribution in [0.15, 0.2) is 48.5 Å². The highest BCUT2D eigenvalue weighted by molar-refractivity contribution is 5.96. The number of rotatable bonds is 13. The quantitative estimate of drug-likeness (QED) is 0.338. The zero-order chi connectivity index (χ0) is 24.3. The Morgan fingerprint density at radius 3 is 2.71 bits per heavy atom. The van der Waals surface area contributed by atoms with Crippen molar-refractivity contribution in [2.75, 3.05) is 24.7 Å². The van der Waals surface area contributed by atoms with Crippen molar-refractivity contribution in [3.8, 4) is 0 Å². The summed E-state index contributed by atoms with van der Waals surface area (Å²) in [5.74, 6) is -0.416. The summed E-state index contributed by atoms with van der Waals surface area (Å²) in [4.78, 5) is 26.3. The van der Waals surface area contributed by atoms with E-state index in [0.29, 0.717) is 31.6 Å². The van der Waals surface area contributed by atoms with Gasteiger partial charge < -0.3 is 24.6 Å². The van der Waals surface area contributed by atoms with E-state index in [2.05, 4.69) is 6.92 Å². The van der Waals surface area contributed by atoms with Crippen LogP contribution in [0.25, 0.3) is 0 Å². The molecule has 7 heteroatoms. The molecule has 184 valence electrons. The summed E-state index contributed by atoms with van der Waals surface area (Å²) in [6, 6.07) is 14.5. The number of amides is 1. The van der Waals surface area contributed by atoms with Gasteiger partial charge in [0.2, 0.25) is 5.91 Å². The Bertz CT molecular complexity index is 929. The Kier molecular flexibility index (Phi) is 10.1. The van der Waals surface area contributed by atoms with Gasteiger partial charge in [-0.25, -0.2) is 4.79 Å². The van der Waals surface area contributed by atoms with E-state index in [1.807, 2.05) is 30.3 Å². The normalized spacial score (nSPS) is 16.6. The Morgan fingerprint density at radius 1 is 1.18 bits per heavy atom. The minimum Gasteiger partial charge on any atom is -0.460 e. The average Bonchev–Trinajstić information content (AvgIpc) is 3.23. The molecule has 2 aromatic rings. The number of hydrogen-bond donors (Lipinski definition) is 2. The van der Waals surface area contributed by atoms with Crippen LogP contribution < -0.4 is 4.90 Å². The largest absolute Gasteiger partial charge is 0.460 e. The second kappa shape index (κ2) is 13.2. The lowest BCUT2D eigenvalue weighted by Gasteiger charge is -2.25. The first-order valence-corrected chi connectivity index (χ1v) is 12.1. The van der Waals surface area contributed by atoms with Crippen LogP contribution in [0.5, 0.6) is 0 Å². The highest BCUT2D eigenvalue weighted by atomic mass is 16.5. The number of anilines is 1. The minimum atomic E-state index is -0.484. The molecule has 7 nitrogen and oxygen atoms in total. The molecule has 1 aliphatic rings. The second-order valence-electron chi connectivity index (χ2n) is 8.63. The first-order chi connectivity index (χ1) is 16.5. The smallest absolute Gasteiger partial charge is 0.338 e. The minimum absolute atomic E-state index is 0.0378. The van der Waals surface area contributed by atoms with E-state index in [9.17, 15) is 14.7 Å². The van der Waals surface area contributed by atoms with Crippen molar-refractivity contribution in [1.29, 1.82) is 0 Å². The van der Waals surface area contributed by atoms with Gasteiger partial charge in [0, 0.05) is 12.1 Å². The average molecular weight is 470 g/mol. The van der Waals surface area contributed by atoms with Crippen LogP contribution in [-0.2, 0) is 20.9 Å². The molecule has 1 amide bonds. The van der Waals surface area contributed by atoms with Crippen molar-refractivity contribution in [3.05, 3.63) is 65.2 Å². The van der Waals surface area contributed by atoms with Crippen LogP contribution in [0, 0.1) is 0 Å². The molecule has 2 aromatic carbocycles. The summed E-state index contributed by atoms with van der Waals surface area (Å²) in [5.41, 5.74) is 2.92. The summed E-state index contributed by atoms with van der Waals surface area (Å²) in [6.07, 6.45) is 4.68. The van der Waals surface area contributed by atoms with E-state index in [1.165, 1.54) is 0 Å². The third-order valence-corrected chi connectivity index (χ3v) is 6.03. The molecule has 0 radical (unpaired) electrons. The Morgan fingerprint density at radius 2 is 1.97 bits per heavy atom. The van der Waals surface area contributed by atoms with Crippen LogP contribution in [-0.4, -0.2) is 48.0 Å². The molecule has 0 saturated carbocycles. The van der Waals surface area contributed by atoms with Gasteiger partial charge in [0.15, 0.2) is 0 Å². The predicted molar refractivity (Wildman–Crippen MR) is 130 cm³/mol. The van der Waals surface area contributed by atoms with E-state index in [1.54, 1.807) is 23.1 Å². The molecule has 0 spiro atoms. The van der Waals surface area contributed by atoms with Gasteiger partial charge in [-0.1, -0.05) is 50.5 Å². The van der Waals surface area contributed by atoms with Crippen LogP contribution in [0.1, 0.15) is 73.0 Å². The van der Waals surface area contributed by atoms with Gasteiger partial charge >= 0.3 is 5.97 Å². The summed E-state index contributed by atoms with van der Waals surface area (Å²) >= 11 is 0. The molecule has 1 heterocycles. The monoisotopic (exact) mass is 469 g/mol. The molecule has 0 bridgehead atoms. The third kappa shape index (κ3) is 7.13. The molecule has 1 aliphatic heterocycles. The molecule has 1 fully saturated rings. The number of nitrogens with zero attached hydrogens (tertiary/aromatic N) is 1. The van der Waals surface area contributed by atoms with E-state index in [0.717, 1.165) is 42.5 Å². The molecular weight excluding hydrogens is 434 g/mol. The molecule has 3 rings (SSSR count). The van der Waals surface area contributed by atoms with E-state index < -0.39 is 12.1 Å². The van der Waals surface area contributed by atoms with Crippen LogP contribution in [0.2, 0.25) is 0 Å². The van der Waals surface area contributed by atoms with Crippen molar-refractivity contribution >= 4 is 17.6 Å². The first kappa shape index (κ1) is 25.9. The zero-order valence-corrected chi connectivity index (χ0v) is 19.8. The number of unbranched alkanes of at least 4 members (excludes halogenated alkanes) is 2. The van der Waals surface area contributed by atoms with Crippen molar-refractivity contribution in [2.45, 2.75) is 64.2 Å². The lowest BCUT2D eigenvalue weighted by Crippen LogP contribution is -2.36. The van der Waals surface area contributed by atoms with Crippen LogP contribution in [0.3, 0.4) is 0 Å². The predicted octanol–water partition coefficient (Wildman–Crippen LogP) is 4.16. The summed E-state index contributed by atoms with van der Waals surface area (Å²) in [7, 11) is 0. The van der Waals surface area contributed by atoms with Gasteiger partial charge in [-0.3, -0.25) is 4.79 Å². The topological polar surface area (TPSA) is 96.3 Å². The van der Waals surface area contributed by atoms with Crippen molar-refractivity contribution < 1.29 is 29.3 Å². The lowest BCUT2D eigenvalue weighted by atomic mass is 10.0. The number of carbonyl (C=O) groups excluding carboxylic acids is 2. The lowest BCUT2D eigenvalue weighted by molar-refractivity contribution is -0.117. The summed E-state index contributed by atoms with van der Waals surface area (Å²) in [5, 5.41) is 19.2. The maximum atomic E-state index is 12.6. The number of aliphatic hydroxyl groups is 2. The van der Waals surface area contributed by atoms with Crippen LogP contribution in [0.4, 0.5) is 5.69 Å². The maximum absolute atomic E-state index is 12.6. The molecular formula is C27H35NO6. The molecule has 0 aliphatic carbocycles. The Balaban J connectivity index is 1.55. The number of hydrogen-bond acceptors (Lipinski definition) is 6. The third-order valence-electron chi connectivity index (χ3n) is 6.03. The maximum Gasteiger partial charge on any atom is 0.338 e. The van der Waals surface area contributed by atoms with Crippen molar-refractivity contribution in [1.82, 2.24) is 0 Å². The number of carbonyl (C=O) groups is 2. The number of esters is 1.